The standard InChI is InChI=1S/C13H18ClFN2O/c14-10-6-13(12(16)7-11(10)15)17-5-3-1-2-4-9(17)8-18/h6-7,9,18H,1-5,8,16H2. The maximum Gasteiger partial charge on any atom is 0.143 e. The number of hydrogen-bond acceptors (Lipinski definition) is 3. The van der Waals surface area contributed by atoms with Crippen LogP contribution in [0.3, 0.4) is 0 Å². The Morgan fingerprint density at radius 1 is 1.39 bits per heavy atom. The van der Waals surface area contributed by atoms with Crippen molar-refractivity contribution in [2.24, 2.45) is 0 Å². The number of aliphatic hydroxyl groups is 1. The lowest BCUT2D eigenvalue weighted by atomic mass is 10.1. The van der Waals surface area contributed by atoms with E-state index in [0.29, 0.717) is 5.69 Å². The van der Waals surface area contributed by atoms with Crippen molar-refractivity contribution < 1.29 is 9.50 Å². The van der Waals surface area contributed by atoms with E-state index >= 15 is 0 Å². The van der Waals surface area contributed by atoms with Gasteiger partial charge in [0.1, 0.15) is 5.82 Å². The van der Waals surface area contributed by atoms with Crippen LogP contribution in [0.5, 0.6) is 0 Å². The van der Waals surface area contributed by atoms with Gasteiger partial charge in [-0.3, -0.25) is 0 Å². The Bertz CT molecular complexity index is 428. The lowest BCUT2D eigenvalue weighted by molar-refractivity contribution is 0.255. The Morgan fingerprint density at radius 3 is 2.89 bits per heavy atom. The summed E-state index contributed by atoms with van der Waals surface area (Å²) in [4.78, 5) is 2.05. The van der Waals surface area contributed by atoms with Gasteiger partial charge in [0.25, 0.3) is 0 Å². The highest BCUT2D eigenvalue weighted by Gasteiger charge is 2.23. The van der Waals surface area contributed by atoms with Crippen LogP contribution in [-0.4, -0.2) is 24.3 Å². The summed E-state index contributed by atoms with van der Waals surface area (Å²) in [6.45, 7) is 0.895. The first-order valence-corrected chi connectivity index (χ1v) is 6.63. The average molecular weight is 273 g/mol. The summed E-state index contributed by atoms with van der Waals surface area (Å²) >= 11 is 5.82. The zero-order valence-corrected chi connectivity index (χ0v) is 11.0. The minimum absolute atomic E-state index is 0.0383. The predicted molar refractivity (Wildman–Crippen MR) is 72.5 cm³/mol. The van der Waals surface area contributed by atoms with Gasteiger partial charge in [0.2, 0.25) is 0 Å². The van der Waals surface area contributed by atoms with E-state index in [2.05, 4.69) is 0 Å². The predicted octanol–water partition coefficient (Wildman–Crippen LogP) is 2.80. The van der Waals surface area contributed by atoms with Crippen molar-refractivity contribution >= 4 is 23.0 Å². The SMILES string of the molecule is Nc1cc(F)c(Cl)cc1N1CCCCCC1CO. The van der Waals surface area contributed by atoms with Gasteiger partial charge in [-0.15, -0.1) is 0 Å². The van der Waals surface area contributed by atoms with E-state index in [9.17, 15) is 9.50 Å². The van der Waals surface area contributed by atoms with Crippen LogP contribution in [0.1, 0.15) is 25.7 Å². The fourth-order valence-corrected chi connectivity index (χ4v) is 2.64. The van der Waals surface area contributed by atoms with E-state index in [-0.39, 0.29) is 17.7 Å². The highest BCUT2D eigenvalue weighted by molar-refractivity contribution is 6.31. The van der Waals surface area contributed by atoms with Crippen LogP contribution in [0.2, 0.25) is 5.02 Å². The summed E-state index contributed by atoms with van der Waals surface area (Å²) < 4.78 is 13.3. The largest absolute Gasteiger partial charge is 0.397 e. The van der Waals surface area contributed by atoms with Crippen molar-refractivity contribution in [1.29, 1.82) is 0 Å². The molecule has 1 aliphatic heterocycles. The molecule has 18 heavy (non-hydrogen) atoms. The Labute approximate surface area is 111 Å². The second-order valence-electron chi connectivity index (χ2n) is 4.70. The normalized spacial score (nSPS) is 20.8. The molecule has 1 aromatic carbocycles. The van der Waals surface area contributed by atoms with Gasteiger partial charge in [0.15, 0.2) is 0 Å². The number of aliphatic hydroxyl groups excluding tert-OH is 1. The maximum atomic E-state index is 13.3. The van der Waals surface area contributed by atoms with Gasteiger partial charge in [-0.1, -0.05) is 24.4 Å². The average Bonchev–Trinajstić information content (AvgIpc) is 2.58. The van der Waals surface area contributed by atoms with Gasteiger partial charge in [0.05, 0.1) is 29.0 Å². The number of rotatable bonds is 2. The Hall–Kier alpha value is -1.00. The summed E-state index contributed by atoms with van der Waals surface area (Å²) in [5.74, 6) is -0.506. The van der Waals surface area contributed by atoms with Crippen molar-refractivity contribution in [1.82, 2.24) is 0 Å². The molecular weight excluding hydrogens is 255 g/mol. The number of nitrogens with zero attached hydrogens (tertiary/aromatic N) is 1. The smallest absolute Gasteiger partial charge is 0.143 e. The molecular formula is C13H18ClFN2O. The minimum Gasteiger partial charge on any atom is -0.397 e. The first kappa shape index (κ1) is 13.4. The van der Waals surface area contributed by atoms with Gasteiger partial charge in [-0.2, -0.15) is 0 Å². The number of nitrogen functional groups attached to an aromatic ring is 1. The minimum atomic E-state index is -0.506. The molecule has 1 aromatic rings. The van der Waals surface area contributed by atoms with Crippen LogP contribution >= 0.6 is 11.6 Å². The van der Waals surface area contributed by atoms with Gasteiger partial charge in [-0.25, -0.2) is 4.39 Å². The molecule has 1 atom stereocenters. The summed E-state index contributed by atoms with van der Waals surface area (Å²) in [6.07, 6.45) is 4.20. The summed E-state index contributed by atoms with van der Waals surface area (Å²) in [7, 11) is 0. The van der Waals surface area contributed by atoms with Crippen molar-refractivity contribution in [3.05, 3.63) is 23.0 Å². The van der Waals surface area contributed by atoms with Gasteiger partial charge in [-0.05, 0) is 18.9 Å². The molecule has 1 unspecified atom stereocenters. The van der Waals surface area contributed by atoms with E-state index in [1.165, 1.54) is 6.07 Å². The number of anilines is 2. The molecule has 1 aliphatic rings. The molecule has 0 amide bonds. The van der Waals surface area contributed by atoms with Crippen LogP contribution in [0, 0.1) is 5.82 Å². The summed E-state index contributed by atoms with van der Waals surface area (Å²) in [5.41, 5.74) is 6.96. The Kier molecular flexibility index (Phi) is 4.30. The molecule has 1 fully saturated rings. The quantitative estimate of drug-likeness (QED) is 0.814. The zero-order valence-electron chi connectivity index (χ0n) is 10.2. The van der Waals surface area contributed by atoms with Crippen LogP contribution in [0.15, 0.2) is 12.1 Å². The van der Waals surface area contributed by atoms with Crippen molar-refractivity contribution in [3.8, 4) is 0 Å². The lowest BCUT2D eigenvalue weighted by Gasteiger charge is -2.32. The Balaban J connectivity index is 2.35. The fourth-order valence-electron chi connectivity index (χ4n) is 2.48. The second kappa shape index (κ2) is 5.76. The molecule has 0 bridgehead atoms. The molecule has 1 heterocycles. The topological polar surface area (TPSA) is 49.5 Å². The third-order valence-electron chi connectivity index (χ3n) is 3.47. The van der Waals surface area contributed by atoms with E-state index < -0.39 is 5.82 Å². The van der Waals surface area contributed by atoms with Crippen LogP contribution in [0.4, 0.5) is 15.8 Å². The molecule has 0 aromatic heterocycles. The zero-order chi connectivity index (χ0) is 13.1. The van der Waals surface area contributed by atoms with Crippen LogP contribution in [0.25, 0.3) is 0 Å². The van der Waals surface area contributed by atoms with E-state index in [1.54, 1.807) is 6.07 Å². The Morgan fingerprint density at radius 2 is 2.17 bits per heavy atom. The molecule has 2 rings (SSSR count). The number of halogens is 2. The fraction of sp³-hybridized carbons (Fsp3) is 0.538. The first-order valence-electron chi connectivity index (χ1n) is 6.25. The van der Waals surface area contributed by atoms with Crippen LogP contribution < -0.4 is 10.6 Å². The van der Waals surface area contributed by atoms with Gasteiger partial charge >= 0.3 is 0 Å². The third-order valence-corrected chi connectivity index (χ3v) is 3.76. The summed E-state index contributed by atoms with van der Waals surface area (Å²) in [5, 5.41) is 9.54. The third kappa shape index (κ3) is 2.70. The monoisotopic (exact) mass is 272 g/mol. The second-order valence-corrected chi connectivity index (χ2v) is 5.11. The molecule has 100 valence electrons. The van der Waals surface area contributed by atoms with Crippen molar-refractivity contribution in [3.63, 3.8) is 0 Å². The number of hydrogen-bond donors (Lipinski definition) is 2. The maximum absolute atomic E-state index is 13.3. The molecule has 0 saturated carbocycles. The lowest BCUT2D eigenvalue weighted by Crippen LogP contribution is -2.38. The van der Waals surface area contributed by atoms with Crippen LogP contribution in [-0.2, 0) is 0 Å². The van der Waals surface area contributed by atoms with Crippen molar-refractivity contribution in [2.75, 3.05) is 23.8 Å². The summed E-state index contributed by atoms with van der Waals surface area (Å²) in [6, 6.07) is 2.84. The van der Waals surface area contributed by atoms with E-state index in [1.807, 2.05) is 4.90 Å². The molecule has 5 heteroatoms. The van der Waals surface area contributed by atoms with Crippen molar-refractivity contribution in [2.45, 2.75) is 31.7 Å². The molecule has 0 aliphatic carbocycles. The number of nitrogens with two attached hydrogens (primary N) is 1. The molecule has 0 radical (unpaired) electrons. The molecule has 3 nitrogen and oxygen atoms in total. The highest BCUT2D eigenvalue weighted by Crippen LogP contribution is 2.33. The molecule has 0 spiro atoms. The van der Waals surface area contributed by atoms with E-state index in [0.717, 1.165) is 37.9 Å². The van der Waals surface area contributed by atoms with E-state index in [4.69, 9.17) is 17.3 Å². The molecule has 1 saturated heterocycles. The number of benzene rings is 1. The highest BCUT2D eigenvalue weighted by atomic mass is 35.5. The molecule has 3 N–H and O–H groups in total. The van der Waals surface area contributed by atoms with Gasteiger partial charge in [0, 0.05) is 12.6 Å². The first-order chi connectivity index (χ1) is 8.63. The van der Waals surface area contributed by atoms with Gasteiger partial charge < -0.3 is 15.7 Å².